The summed E-state index contributed by atoms with van der Waals surface area (Å²) >= 11 is 0. The molecule has 1 aliphatic rings. The lowest BCUT2D eigenvalue weighted by Crippen LogP contribution is -2.34. The Morgan fingerprint density at radius 3 is 2.38 bits per heavy atom. The van der Waals surface area contributed by atoms with Crippen LogP contribution < -0.4 is 15.3 Å². The Labute approximate surface area is 119 Å². The van der Waals surface area contributed by atoms with E-state index in [0.29, 0.717) is 22.3 Å². The predicted molar refractivity (Wildman–Crippen MR) is 75.4 cm³/mol. The van der Waals surface area contributed by atoms with Crippen LogP contribution in [0.25, 0.3) is 11.0 Å². The van der Waals surface area contributed by atoms with Crippen molar-refractivity contribution in [2.24, 2.45) is 0 Å². The Bertz CT molecular complexity index is 844. The number of hydrogen-bond donors (Lipinski definition) is 0. The average Bonchev–Trinajstić information content (AvgIpc) is 2.78. The van der Waals surface area contributed by atoms with E-state index >= 15 is 0 Å². The van der Waals surface area contributed by atoms with Crippen molar-refractivity contribution in [3.8, 4) is 5.75 Å². The second-order valence-corrected chi connectivity index (χ2v) is 4.57. The topological polar surface area (TPSA) is 76.8 Å². The molecule has 0 aliphatic carbocycles. The van der Waals surface area contributed by atoms with Crippen LogP contribution in [0.15, 0.2) is 39.6 Å². The van der Waals surface area contributed by atoms with Crippen molar-refractivity contribution in [2.75, 3.05) is 12.0 Å². The van der Waals surface area contributed by atoms with Crippen molar-refractivity contribution in [2.45, 2.75) is 6.92 Å². The smallest absolute Gasteiger partial charge is 0.361 e. The van der Waals surface area contributed by atoms with E-state index < -0.39 is 17.4 Å². The van der Waals surface area contributed by atoms with Crippen LogP contribution in [0.3, 0.4) is 0 Å². The molecule has 0 atom stereocenters. The Morgan fingerprint density at radius 1 is 1.10 bits per heavy atom. The van der Waals surface area contributed by atoms with E-state index in [4.69, 9.17) is 9.15 Å². The normalized spacial score (nSPS) is 14.3. The summed E-state index contributed by atoms with van der Waals surface area (Å²) in [6.07, 6.45) is 2.25. The number of fused-ring (bicyclic) bond motifs is 1. The minimum atomic E-state index is -0.737. The van der Waals surface area contributed by atoms with Crippen molar-refractivity contribution in [3.63, 3.8) is 0 Å². The molecule has 0 spiro atoms. The lowest BCUT2D eigenvalue weighted by atomic mass is 10.1. The number of imide groups is 1. The van der Waals surface area contributed by atoms with Gasteiger partial charge < -0.3 is 9.15 Å². The minimum absolute atomic E-state index is 0.0485. The summed E-state index contributed by atoms with van der Waals surface area (Å²) in [4.78, 5) is 36.5. The van der Waals surface area contributed by atoms with Gasteiger partial charge in [0.2, 0.25) is 0 Å². The van der Waals surface area contributed by atoms with E-state index in [-0.39, 0.29) is 5.69 Å². The van der Waals surface area contributed by atoms with Crippen LogP contribution in [0.5, 0.6) is 5.75 Å². The van der Waals surface area contributed by atoms with Crippen molar-refractivity contribution in [3.05, 3.63) is 46.3 Å². The highest BCUT2D eigenvalue weighted by Gasteiger charge is 2.30. The number of aryl methyl sites for hydroxylation is 1. The summed E-state index contributed by atoms with van der Waals surface area (Å²) in [5.74, 6) is -0.556. The fourth-order valence-electron chi connectivity index (χ4n) is 2.33. The maximum absolute atomic E-state index is 12.2. The van der Waals surface area contributed by atoms with E-state index in [0.717, 1.165) is 17.1 Å². The molecule has 106 valence electrons. The third kappa shape index (κ3) is 1.92. The van der Waals surface area contributed by atoms with Gasteiger partial charge in [-0.3, -0.25) is 9.59 Å². The second kappa shape index (κ2) is 4.59. The molecular formula is C15H11NO5. The van der Waals surface area contributed by atoms with Crippen LogP contribution in [0.4, 0.5) is 5.69 Å². The van der Waals surface area contributed by atoms with Gasteiger partial charge in [-0.2, -0.15) is 0 Å². The number of carbonyl (C=O) groups is 2. The highest BCUT2D eigenvalue weighted by Crippen LogP contribution is 2.28. The Morgan fingerprint density at radius 2 is 1.76 bits per heavy atom. The third-order valence-corrected chi connectivity index (χ3v) is 3.38. The molecule has 0 bridgehead atoms. The monoisotopic (exact) mass is 285 g/mol. The summed E-state index contributed by atoms with van der Waals surface area (Å²) in [7, 11) is 1.51. The van der Waals surface area contributed by atoms with E-state index in [1.165, 1.54) is 7.11 Å². The maximum Gasteiger partial charge on any atom is 0.361 e. The van der Waals surface area contributed by atoms with Gasteiger partial charge in [-0.15, -0.1) is 0 Å². The fraction of sp³-hybridized carbons (Fsp3) is 0.133. The highest BCUT2D eigenvalue weighted by atomic mass is 16.5. The first-order valence-corrected chi connectivity index (χ1v) is 6.20. The number of amides is 2. The third-order valence-electron chi connectivity index (χ3n) is 3.38. The summed E-state index contributed by atoms with van der Waals surface area (Å²) in [5, 5.41) is 0.637. The minimum Gasteiger partial charge on any atom is -0.497 e. The van der Waals surface area contributed by atoms with Gasteiger partial charge >= 0.3 is 5.63 Å². The first-order chi connectivity index (χ1) is 10.0. The summed E-state index contributed by atoms with van der Waals surface area (Å²) in [6, 6.07) is 5.01. The molecule has 0 saturated heterocycles. The first kappa shape index (κ1) is 13.1. The van der Waals surface area contributed by atoms with Gasteiger partial charge in [-0.1, -0.05) is 0 Å². The van der Waals surface area contributed by atoms with Gasteiger partial charge in [0.1, 0.15) is 17.0 Å². The van der Waals surface area contributed by atoms with Crippen molar-refractivity contribution in [1.82, 2.24) is 0 Å². The molecule has 6 heteroatoms. The summed E-state index contributed by atoms with van der Waals surface area (Å²) < 4.78 is 10.3. The van der Waals surface area contributed by atoms with Crippen molar-refractivity contribution in [1.29, 1.82) is 0 Å². The lowest BCUT2D eigenvalue weighted by Gasteiger charge is -2.16. The molecule has 2 amide bonds. The van der Waals surface area contributed by atoms with Gasteiger partial charge in [0.05, 0.1) is 7.11 Å². The standard InChI is InChI=1S/C15H11NO5/c1-8-10-4-3-9(20-2)7-11(10)21-15(19)14(8)16-12(17)5-6-13(16)18/h3-7H,1-2H3. The van der Waals surface area contributed by atoms with E-state index in [1.54, 1.807) is 25.1 Å². The molecule has 1 aromatic heterocycles. The number of anilines is 1. The molecule has 0 fully saturated rings. The quantitative estimate of drug-likeness (QED) is 0.618. The van der Waals surface area contributed by atoms with Crippen LogP contribution in [0.1, 0.15) is 5.56 Å². The Kier molecular flexibility index (Phi) is 2.86. The zero-order valence-electron chi connectivity index (χ0n) is 11.4. The van der Waals surface area contributed by atoms with E-state index in [9.17, 15) is 14.4 Å². The van der Waals surface area contributed by atoms with Crippen LogP contribution in [-0.4, -0.2) is 18.9 Å². The molecule has 3 rings (SSSR count). The van der Waals surface area contributed by atoms with Gasteiger partial charge in [0.25, 0.3) is 11.8 Å². The fourth-order valence-corrected chi connectivity index (χ4v) is 2.33. The lowest BCUT2D eigenvalue weighted by molar-refractivity contribution is -0.120. The molecule has 1 aromatic carbocycles. The van der Waals surface area contributed by atoms with Crippen molar-refractivity contribution >= 4 is 28.5 Å². The Balaban J connectivity index is 2.28. The predicted octanol–water partition coefficient (Wildman–Crippen LogP) is 1.54. The van der Waals surface area contributed by atoms with Gasteiger partial charge in [0.15, 0.2) is 0 Å². The van der Waals surface area contributed by atoms with Crippen molar-refractivity contribution < 1.29 is 18.7 Å². The number of hydrogen-bond acceptors (Lipinski definition) is 5. The molecule has 2 aromatic rings. The molecule has 0 radical (unpaired) electrons. The average molecular weight is 285 g/mol. The van der Waals surface area contributed by atoms with Gasteiger partial charge in [0, 0.05) is 23.6 Å². The highest BCUT2D eigenvalue weighted by molar-refractivity contribution is 6.28. The molecule has 1 aliphatic heterocycles. The summed E-state index contributed by atoms with van der Waals surface area (Å²) in [6.45, 7) is 1.67. The van der Waals surface area contributed by atoms with Crippen LogP contribution in [0, 0.1) is 6.92 Å². The first-order valence-electron chi connectivity index (χ1n) is 6.20. The van der Waals surface area contributed by atoms with E-state index in [2.05, 4.69) is 0 Å². The zero-order valence-corrected chi connectivity index (χ0v) is 11.4. The largest absolute Gasteiger partial charge is 0.497 e. The Hall–Kier alpha value is -2.89. The van der Waals surface area contributed by atoms with Crippen LogP contribution >= 0.6 is 0 Å². The van der Waals surface area contributed by atoms with Crippen LogP contribution in [-0.2, 0) is 9.59 Å². The molecule has 21 heavy (non-hydrogen) atoms. The van der Waals surface area contributed by atoms with E-state index in [1.807, 2.05) is 0 Å². The second-order valence-electron chi connectivity index (χ2n) is 4.57. The molecule has 6 nitrogen and oxygen atoms in total. The zero-order chi connectivity index (χ0) is 15.1. The molecule has 0 N–H and O–H groups in total. The molecule has 0 unspecified atom stereocenters. The SMILES string of the molecule is COc1ccc2c(C)c(N3C(=O)C=CC3=O)c(=O)oc2c1. The van der Waals surface area contributed by atoms with Gasteiger partial charge in [-0.25, -0.2) is 9.69 Å². The number of benzene rings is 1. The van der Waals surface area contributed by atoms with Gasteiger partial charge in [-0.05, 0) is 24.6 Å². The molecular weight excluding hydrogens is 274 g/mol. The summed E-state index contributed by atoms with van der Waals surface area (Å²) in [5.41, 5.74) is 0.0632. The molecule has 0 saturated carbocycles. The van der Waals surface area contributed by atoms with Crippen LogP contribution in [0.2, 0.25) is 0 Å². The maximum atomic E-state index is 12.2. The number of carbonyl (C=O) groups excluding carboxylic acids is 2. The number of methoxy groups -OCH3 is 1. The number of nitrogens with zero attached hydrogens (tertiary/aromatic N) is 1. The molecule has 2 heterocycles. The number of ether oxygens (including phenoxy) is 1. The number of rotatable bonds is 2.